The number of hydrogen-bond donors (Lipinski definition) is 2. The number of hydrogen-bond acceptors (Lipinski definition) is 5. The topological polar surface area (TPSA) is 81.8 Å². The van der Waals surface area contributed by atoms with Crippen LogP contribution < -0.4 is 10.5 Å². The zero-order valence-corrected chi connectivity index (χ0v) is 19.8. The van der Waals surface area contributed by atoms with Gasteiger partial charge in [0, 0.05) is 0 Å². The number of aryl methyl sites for hydroxylation is 2. The molecule has 0 aromatic heterocycles. The second kappa shape index (κ2) is 12.3. The smallest absolute Gasteiger partial charge is 0.419 e. The molecule has 0 bridgehead atoms. The fraction of sp³-hybridized carbons (Fsp3) is 0.429. The summed E-state index contributed by atoms with van der Waals surface area (Å²) in [5.41, 5.74) is 5.20. The lowest BCUT2D eigenvalue weighted by Gasteiger charge is -2.26. The Kier molecular flexibility index (Phi) is 10.3. The van der Waals surface area contributed by atoms with E-state index in [0.717, 1.165) is 11.6 Å². The average molecular weight is 514 g/mol. The lowest BCUT2D eigenvalue weighted by molar-refractivity contribution is -0.139. The van der Waals surface area contributed by atoms with E-state index in [4.69, 9.17) is 38.2 Å². The fourth-order valence-corrected chi connectivity index (χ4v) is 3.74. The third-order valence-electron chi connectivity index (χ3n) is 4.87. The van der Waals surface area contributed by atoms with Gasteiger partial charge in [-0.1, -0.05) is 35.3 Å². The lowest BCUT2D eigenvalue weighted by atomic mass is 9.93. The molecule has 0 aliphatic carbocycles. The molecule has 0 fully saturated rings. The molecule has 2 aromatic rings. The highest BCUT2D eigenvalue weighted by Crippen LogP contribution is 2.37. The third kappa shape index (κ3) is 8.25. The first-order valence-electron chi connectivity index (χ1n) is 9.80. The molecule has 2 aromatic carbocycles. The van der Waals surface area contributed by atoms with E-state index in [2.05, 4.69) is 0 Å². The summed E-state index contributed by atoms with van der Waals surface area (Å²) in [6, 6.07) is 9.02. The molecule has 2 rings (SSSR count). The highest BCUT2D eigenvalue weighted by atomic mass is 35.5. The number of benzene rings is 2. The Morgan fingerprint density at radius 3 is 2.34 bits per heavy atom. The Labute approximate surface area is 195 Å². The van der Waals surface area contributed by atoms with E-state index in [1.807, 2.05) is 0 Å². The highest BCUT2D eigenvalue weighted by molar-refractivity contribution is 7.17. The largest absolute Gasteiger partial charge is 0.493 e. The number of nitrogens with two attached hydrogens (primary N) is 1. The Morgan fingerprint density at radius 2 is 1.72 bits per heavy atom. The van der Waals surface area contributed by atoms with Crippen molar-refractivity contribution in [3.8, 4) is 5.75 Å². The molecule has 0 saturated carbocycles. The molecular formula is C21H25Cl2F3NO4P. The number of rotatable bonds is 12. The van der Waals surface area contributed by atoms with Crippen molar-refractivity contribution >= 4 is 31.9 Å². The number of ether oxygens (including phenoxy) is 1. The normalized spacial score (nSPS) is 14.1. The van der Waals surface area contributed by atoms with Crippen LogP contribution in [-0.4, -0.2) is 30.5 Å². The lowest BCUT2D eigenvalue weighted by Crippen LogP contribution is -2.47. The zero-order valence-electron chi connectivity index (χ0n) is 17.1. The van der Waals surface area contributed by atoms with Gasteiger partial charge in [-0.15, -0.1) is 0 Å². The van der Waals surface area contributed by atoms with Gasteiger partial charge in [0.2, 0.25) is 0 Å². The SMILES string of the molecule is NC(CO)(CCc1ccc(OCCCc2ccc(Cl)c(Cl)c2)c(C(F)(F)F)c1)CO[PH2]=O. The Morgan fingerprint density at radius 1 is 1.03 bits per heavy atom. The van der Waals surface area contributed by atoms with Gasteiger partial charge in [-0.2, -0.15) is 13.2 Å². The van der Waals surface area contributed by atoms with Gasteiger partial charge in [0.25, 0.3) is 0 Å². The molecule has 5 nitrogen and oxygen atoms in total. The van der Waals surface area contributed by atoms with Gasteiger partial charge in [0.15, 0.2) is 8.69 Å². The Bertz CT molecular complexity index is 917. The van der Waals surface area contributed by atoms with Crippen LogP contribution in [0.4, 0.5) is 13.2 Å². The van der Waals surface area contributed by atoms with Crippen LogP contribution >= 0.6 is 31.9 Å². The van der Waals surface area contributed by atoms with E-state index in [0.29, 0.717) is 28.5 Å². The minimum Gasteiger partial charge on any atom is -0.493 e. The van der Waals surface area contributed by atoms with Crippen LogP contribution in [0.15, 0.2) is 36.4 Å². The average Bonchev–Trinajstić information content (AvgIpc) is 2.76. The Balaban J connectivity index is 2.01. The van der Waals surface area contributed by atoms with Gasteiger partial charge in [0.05, 0.1) is 41.0 Å². The van der Waals surface area contributed by atoms with Crippen LogP contribution in [-0.2, 0) is 28.1 Å². The summed E-state index contributed by atoms with van der Waals surface area (Å²) in [5, 5.41) is 10.3. The number of alkyl halides is 3. The maximum atomic E-state index is 13.6. The summed E-state index contributed by atoms with van der Waals surface area (Å²) >= 11 is 11.8. The van der Waals surface area contributed by atoms with Crippen LogP contribution in [0.5, 0.6) is 5.75 Å². The number of aliphatic hydroxyl groups excluding tert-OH is 1. The second-order valence-electron chi connectivity index (χ2n) is 7.46. The standard InChI is InChI=1S/C21H25Cl2F3NO4P/c22-17-5-3-14(11-18(17)23)2-1-9-30-19-6-4-15(10-16(19)21(24,25)26)7-8-20(27,12-28)13-31-32-29/h3-6,10-11,28H,1-2,7-9,12-13,27,32H2. The van der Waals surface area contributed by atoms with Crippen molar-refractivity contribution in [1.82, 2.24) is 0 Å². The van der Waals surface area contributed by atoms with Crippen LogP contribution in [0.25, 0.3) is 0 Å². The molecule has 2 atom stereocenters. The second-order valence-corrected chi connectivity index (χ2v) is 8.80. The predicted molar refractivity (Wildman–Crippen MR) is 120 cm³/mol. The van der Waals surface area contributed by atoms with E-state index in [-0.39, 0.29) is 31.8 Å². The Hall–Kier alpha value is -1.28. The van der Waals surface area contributed by atoms with E-state index in [1.54, 1.807) is 18.2 Å². The van der Waals surface area contributed by atoms with Crippen LogP contribution in [0.3, 0.4) is 0 Å². The molecule has 2 unspecified atom stereocenters. The predicted octanol–water partition coefficient (Wildman–Crippen LogP) is 5.33. The van der Waals surface area contributed by atoms with Crippen molar-refractivity contribution < 1.29 is 32.1 Å². The quantitative estimate of drug-likeness (QED) is 0.296. The molecule has 0 aliphatic rings. The number of halogens is 5. The molecule has 0 heterocycles. The molecule has 178 valence electrons. The van der Waals surface area contributed by atoms with E-state index < -0.39 is 32.6 Å². The summed E-state index contributed by atoms with van der Waals surface area (Å²) in [6.07, 6.45) is -3.20. The maximum Gasteiger partial charge on any atom is 0.419 e. The maximum absolute atomic E-state index is 13.6. The molecule has 0 amide bonds. The van der Waals surface area contributed by atoms with Crippen molar-refractivity contribution in [2.24, 2.45) is 5.73 Å². The van der Waals surface area contributed by atoms with Crippen molar-refractivity contribution in [2.75, 3.05) is 19.8 Å². The van der Waals surface area contributed by atoms with Crippen molar-refractivity contribution in [3.63, 3.8) is 0 Å². The summed E-state index contributed by atoms with van der Waals surface area (Å²) in [6.45, 7) is -0.499. The van der Waals surface area contributed by atoms with Crippen molar-refractivity contribution in [1.29, 1.82) is 0 Å². The summed E-state index contributed by atoms with van der Waals surface area (Å²) in [5.74, 6) is -0.255. The van der Waals surface area contributed by atoms with E-state index >= 15 is 0 Å². The summed E-state index contributed by atoms with van der Waals surface area (Å²) < 4.78 is 61.5. The minimum atomic E-state index is -4.60. The summed E-state index contributed by atoms with van der Waals surface area (Å²) in [7, 11) is -1.49. The first-order chi connectivity index (χ1) is 15.1. The van der Waals surface area contributed by atoms with Gasteiger partial charge < -0.3 is 20.1 Å². The van der Waals surface area contributed by atoms with Crippen LogP contribution in [0, 0.1) is 0 Å². The summed E-state index contributed by atoms with van der Waals surface area (Å²) in [4.78, 5) is 0. The first-order valence-corrected chi connectivity index (χ1v) is 11.5. The minimum absolute atomic E-state index is 0.0912. The third-order valence-corrected chi connectivity index (χ3v) is 5.91. The van der Waals surface area contributed by atoms with Crippen LogP contribution in [0.2, 0.25) is 10.0 Å². The molecule has 0 spiro atoms. The van der Waals surface area contributed by atoms with Gasteiger partial charge in [-0.05, 0) is 61.1 Å². The monoisotopic (exact) mass is 513 g/mol. The molecular weight excluding hydrogens is 489 g/mol. The molecule has 0 aliphatic heterocycles. The van der Waals surface area contributed by atoms with Gasteiger partial charge in [0.1, 0.15) is 5.75 Å². The molecule has 11 heteroatoms. The van der Waals surface area contributed by atoms with Crippen molar-refractivity contribution in [3.05, 3.63) is 63.1 Å². The zero-order chi connectivity index (χ0) is 23.8. The van der Waals surface area contributed by atoms with Gasteiger partial charge >= 0.3 is 6.18 Å². The van der Waals surface area contributed by atoms with Gasteiger partial charge in [-0.3, -0.25) is 4.57 Å². The molecule has 0 saturated heterocycles. The van der Waals surface area contributed by atoms with Crippen LogP contribution in [0.1, 0.15) is 29.5 Å². The molecule has 0 radical (unpaired) electrons. The molecule has 32 heavy (non-hydrogen) atoms. The fourth-order valence-electron chi connectivity index (χ4n) is 3.02. The first kappa shape index (κ1) is 27.0. The van der Waals surface area contributed by atoms with E-state index in [1.165, 1.54) is 12.1 Å². The molecule has 3 N–H and O–H groups in total. The van der Waals surface area contributed by atoms with E-state index in [9.17, 15) is 22.8 Å². The highest BCUT2D eigenvalue weighted by Gasteiger charge is 2.35. The van der Waals surface area contributed by atoms with Gasteiger partial charge in [-0.25, -0.2) is 0 Å². The van der Waals surface area contributed by atoms with Crippen molar-refractivity contribution in [2.45, 2.75) is 37.4 Å². The number of aliphatic hydroxyl groups is 1.